The lowest BCUT2D eigenvalue weighted by Crippen LogP contribution is -2.30. The minimum Gasteiger partial charge on any atom is -0.466 e. The molecule has 1 fully saturated rings. The number of carbonyl (C=O) groups excluding carboxylic acids is 1. The lowest BCUT2D eigenvalue weighted by Gasteiger charge is -2.29. The first-order chi connectivity index (χ1) is 16.1. The molecule has 1 aliphatic carbocycles. The van der Waals surface area contributed by atoms with Gasteiger partial charge in [-0.3, -0.25) is 4.79 Å². The summed E-state index contributed by atoms with van der Waals surface area (Å²) in [4.78, 5) is 12.9. The molecule has 0 aliphatic heterocycles. The summed E-state index contributed by atoms with van der Waals surface area (Å²) in [7, 11) is 0. The van der Waals surface area contributed by atoms with Crippen molar-refractivity contribution in [1.82, 2.24) is 0 Å². The topological polar surface area (TPSA) is 66.8 Å². The third-order valence-corrected chi connectivity index (χ3v) is 7.56. The molecular weight excluding hydrogens is 432 g/mol. The zero-order valence-corrected chi connectivity index (χ0v) is 21.1. The maximum Gasteiger partial charge on any atom is 0.305 e. The van der Waals surface area contributed by atoms with Crippen LogP contribution in [0.2, 0.25) is 0 Å². The standard InChI is InChI=1S/C28H42O4S/c1-3-5-6-7-8-9-10-14-19-26(33-22-16-12-11-13-17-22)28-23(24(29)21-25(28)30)18-15-20-27(31)32-4-2/h8-9,11-14,16-17,19,23-26,28-30H,3-7,10,15,18,20-21H2,1-2H3/b9-8-,19-14-/t23-,24+,25-,26+,28-/m0/s1. The second-order valence-corrected chi connectivity index (χ2v) is 10.1. The lowest BCUT2D eigenvalue weighted by atomic mass is 9.86. The molecular formula is C28H42O4S. The summed E-state index contributed by atoms with van der Waals surface area (Å²) in [5, 5.41) is 21.6. The number of esters is 1. The van der Waals surface area contributed by atoms with Crippen molar-refractivity contribution >= 4 is 17.7 Å². The smallest absolute Gasteiger partial charge is 0.305 e. The van der Waals surface area contributed by atoms with Crippen molar-refractivity contribution in [3.63, 3.8) is 0 Å². The molecule has 0 aromatic heterocycles. The molecule has 184 valence electrons. The van der Waals surface area contributed by atoms with Crippen LogP contribution in [0.25, 0.3) is 0 Å². The van der Waals surface area contributed by atoms with Crippen LogP contribution in [-0.4, -0.2) is 40.2 Å². The van der Waals surface area contributed by atoms with E-state index in [1.54, 1.807) is 11.8 Å². The molecule has 33 heavy (non-hydrogen) atoms. The van der Waals surface area contributed by atoms with Gasteiger partial charge in [-0.2, -0.15) is 0 Å². The van der Waals surface area contributed by atoms with E-state index in [1.807, 2.05) is 25.1 Å². The van der Waals surface area contributed by atoms with Gasteiger partial charge < -0.3 is 14.9 Å². The van der Waals surface area contributed by atoms with E-state index in [-0.39, 0.29) is 23.1 Å². The van der Waals surface area contributed by atoms with Crippen LogP contribution in [0.15, 0.2) is 59.5 Å². The molecule has 0 spiro atoms. The van der Waals surface area contributed by atoms with Gasteiger partial charge in [0.05, 0.1) is 18.8 Å². The zero-order chi connectivity index (χ0) is 23.9. The highest BCUT2D eigenvalue weighted by atomic mass is 32.2. The summed E-state index contributed by atoms with van der Waals surface area (Å²) in [5.41, 5.74) is 0. The molecule has 5 heteroatoms. The Hall–Kier alpha value is -1.56. The second-order valence-electron chi connectivity index (χ2n) is 8.84. The number of benzene rings is 1. The fourth-order valence-corrected chi connectivity index (χ4v) is 5.96. The first-order valence-corrected chi connectivity index (χ1v) is 13.5. The number of hydrogen-bond acceptors (Lipinski definition) is 5. The maximum absolute atomic E-state index is 11.7. The molecule has 5 atom stereocenters. The molecule has 1 aromatic carbocycles. The number of allylic oxidation sites excluding steroid dienone is 3. The molecule has 0 heterocycles. The molecule has 2 N–H and O–H groups in total. The van der Waals surface area contributed by atoms with Crippen LogP contribution < -0.4 is 0 Å². The highest BCUT2D eigenvalue weighted by Gasteiger charge is 2.44. The predicted octanol–water partition coefficient (Wildman–Crippen LogP) is 6.32. The number of hydrogen-bond donors (Lipinski definition) is 2. The van der Waals surface area contributed by atoms with E-state index in [0.717, 1.165) is 17.7 Å². The van der Waals surface area contributed by atoms with Crippen LogP contribution in [0.1, 0.15) is 71.6 Å². The summed E-state index contributed by atoms with van der Waals surface area (Å²) in [6, 6.07) is 10.2. The highest BCUT2D eigenvalue weighted by Crippen LogP contribution is 2.44. The van der Waals surface area contributed by atoms with E-state index in [1.165, 1.54) is 19.3 Å². The summed E-state index contributed by atoms with van der Waals surface area (Å²) >= 11 is 1.74. The third-order valence-electron chi connectivity index (χ3n) is 6.27. The van der Waals surface area contributed by atoms with Crippen LogP contribution in [-0.2, 0) is 9.53 Å². The van der Waals surface area contributed by atoms with Gasteiger partial charge in [-0.15, -0.1) is 11.8 Å². The number of ether oxygens (including phenoxy) is 1. The van der Waals surface area contributed by atoms with E-state index in [4.69, 9.17) is 4.74 Å². The van der Waals surface area contributed by atoms with E-state index in [0.29, 0.717) is 32.3 Å². The minimum absolute atomic E-state index is 0.0372. The Bertz CT molecular complexity index is 718. The SMILES string of the molecule is CCCCC/C=C\C/C=C\[C@@H](Sc1ccccc1)[C@H]1[C@@H](CCCC(=O)OCC)[C@H](O)C[C@@H]1O. The van der Waals surface area contributed by atoms with Gasteiger partial charge >= 0.3 is 5.97 Å². The van der Waals surface area contributed by atoms with Gasteiger partial charge in [-0.05, 0) is 63.5 Å². The van der Waals surface area contributed by atoms with E-state index in [2.05, 4.69) is 43.4 Å². The number of thioether (sulfide) groups is 1. The zero-order valence-electron chi connectivity index (χ0n) is 20.3. The van der Waals surface area contributed by atoms with Crippen LogP contribution in [0.4, 0.5) is 0 Å². The summed E-state index contributed by atoms with van der Waals surface area (Å²) < 4.78 is 5.04. The molecule has 1 aliphatic rings. The van der Waals surface area contributed by atoms with Crippen LogP contribution in [0.3, 0.4) is 0 Å². The van der Waals surface area contributed by atoms with Gasteiger partial charge in [0.15, 0.2) is 0 Å². The number of aliphatic hydroxyl groups is 2. The number of unbranched alkanes of at least 4 members (excludes halogenated alkanes) is 3. The molecule has 0 saturated heterocycles. The minimum atomic E-state index is -0.553. The van der Waals surface area contributed by atoms with Crippen molar-refractivity contribution in [1.29, 1.82) is 0 Å². The number of aliphatic hydroxyl groups excluding tert-OH is 2. The Labute approximate surface area is 204 Å². The van der Waals surface area contributed by atoms with Crippen molar-refractivity contribution < 1.29 is 19.7 Å². The van der Waals surface area contributed by atoms with Crippen LogP contribution in [0.5, 0.6) is 0 Å². The highest BCUT2D eigenvalue weighted by molar-refractivity contribution is 8.00. The average molecular weight is 475 g/mol. The van der Waals surface area contributed by atoms with Gasteiger partial charge in [0.25, 0.3) is 0 Å². The van der Waals surface area contributed by atoms with Gasteiger partial charge in [-0.25, -0.2) is 0 Å². The summed E-state index contributed by atoms with van der Waals surface area (Å²) in [6.45, 7) is 4.42. The summed E-state index contributed by atoms with van der Waals surface area (Å²) in [5.74, 6) is -0.287. The number of rotatable bonds is 15. The van der Waals surface area contributed by atoms with E-state index >= 15 is 0 Å². The van der Waals surface area contributed by atoms with Crippen LogP contribution >= 0.6 is 11.8 Å². The molecule has 1 saturated carbocycles. The van der Waals surface area contributed by atoms with Crippen molar-refractivity contribution in [2.75, 3.05) is 6.61 Å². The first-order valence-electron chi connectivity index (χ1n) is 12.6. The fraction of sp³-hybridized carbons (Fsp3) is 0.607. The predicted molar refractivity (Wildman–Crippen MR) is 137 cm³/mol. The van der Waals surface area contributed by atoms with Crippen LogP contribution in [0, 0.1) is 11.8 Å². The Kier molecular flexibility index (Phi) is 13.5. The molecule has 1 aromatic rings. The van der Waals surface area contributed by atoms with Gasteiger partial charge in [0, 0.05) is 22.5 Å². The molecule has 0 unspecified atom stereocenters. The van der Waals surface area contributed by atoms with Gasteiger partial charge in [-0.1, -0.05) is 62.3 Å². The average Bonchev–Trinajstić information content (AvgIpc) is 3.08. The van der Waals surface area contributed by atoms with E-state index in [9.17, 15) is 15.0 Å². The monoisotopic (exact) mass is 474 g/mol. The molecule has 2 rings (SSSR count). The Balaban J connectivity index is 2.06. The molecule has 0 amide bonds. The third kappa shape index (κ3) is 10.1. The quantitative estimate of drug-likeness (QED) is 0.135. The first kappa shape index (κ1) is 27.7. The van der Waals surface area contributed by atoms with Crippen molar-refractivity contribution in [3.8, 4) is 0 Å². The van der Waals surface area contributed by atoms with Crippen molar-refractivity contribution in [3.05, 3.63) is 54.6 Å². The fourth-order valence-electron chi connectivity index (χ4n) is 4.60. The van der Waals surface area contributed by atoms with Crippen molar-refractivity contribution in [2.24, 2.45) is 11.8 Å². The Morgan fingerprint density at radius 2 is 1.88 bits per heavy atom. The number of carbonyl (C=O) groups is 1. The normalized spacial score (nSPS) is 24.0. The van der Waals surface area contributed by atoms with E-state index < -0.39 is 12.2 Å². The Morgan fingerprint density at radius 1 is 1.09 bits per heavy atom. The lowest BCUT2D eigenvalue weighted by molar-refractivity contribution is -0.143. The summed E-state index contributed by atoms with van der Waals surface area (Å²) in [6.07, 6.45) is 15.6. The van der Waals surface area contributed by atoms with Gasteiger partial charge in [0.1, 0.15) is 0 Å². The molecule has 4 nitrogen and oxygen atoms in total. The largest absolute Gasteiger partial charge is 0.466 e. The van der Waals surface area contributed by atoms with Gasteiger partial charge in [0.2, 0.25) is 0 Å². The Morgan fingerprint density at radius 3 is 2.61 bits per heavy atom. The molecule has 0 bridgehead atoms. The molecule has 0 radical (unpaired) electrons. The van der Waals surface area contributed by atoms with Crippen molar-refractivity contribution in [2.45, 2.75) is 94.0 Å². The maximum atomic E-state index is 11.7. The second kappa shape index (κ2) is 16.1.